The van der Waals surface area contributed by atoms with Gasteiger partial charge in [0.1, 0.15) is 6.72 Å². The van der Waals surface area contributed by atoms with E-state index in [1.165, 1.54) is 0 Å². The number of hydrogen-bond donors (Lipinski definition) is 1. The van der Waals surface area contributed by atoms with Crippen molar-refractivity contribution < 1.29 is 4.74 Å². The van der Waals surface area contributed by atoms with Gasteiger partial charge >= 0.3 is 0 Å². The van der Waals surface area contributed by atoms with E-state index in [4.69, 9.17) is 5.73 Å². The van der Waals surface area contributed by atoms with E-state index in [-0.39, 0.29) is 0 Å². The quantitative estimate of drug-likeness (QED) is 0.251. The maximum atomic E-state index is 10.6. The largest absolute Gasteiger partial charge is 0.619 e. The third-order valence-corrected chi connectivity index (χ3v) is 1.41. The van der Waals surface area contributed by atoms with Crippen LogP contribution in [0, 0.1) is 5.21 Å². The standard InChI is InChI=1S/C7H10N2O/c1-9(10)7-4-2-3-6(8)5-7/h4-5H,1-3,8H2. The fourth-order valence-electron chi connectivity index (χ4n) is 0.882. The van der Waals surface area contributed by atoms with Crippen molar-refractivity contribution in [3.8, 4) is 0 Å². The Balaban J connectivity index is 2.79. The first-order valence-corrected chi connectivity index (χ1v) is 3.14. The van der Waals surface area contributed by atoms with Crippen molar-refractivity contribution in [2.24, 2.45) is 5.73 Å². The molecule has 54 valence electrons. The predicted molar refractivity (Wildman–Crippen MR) is 40.3 cm³/mol. The van der Waals surface area contributed by atoms with Crippen molar-refractivity contribution in [3.05, 3.63) is 28.8 Å². The maximum absolute atomic E-state index is 10.6. The lowest BCUT2D eigenvalue weighted by Gasteiger charge is -2.07. The van der Waals surface area contributed by atoms with Crippen LogP contribution in [0.3, 0.4) is 0 Å². The molecule has 1 aliphatic carbocycles. The highest BCUT2D eigenvalue weighted by molar-refractivity contribution is 5.25. The smallest absolute Gasteiger partial charge is 0.213 e. The van der Waals surface area contributed by atoms with E-state index >= 15 is 0 Å². The van der Waals surface area contributed by atoms with Crippen molar-refractivity contribution >= 4 is 6.72 Å². The van der Waals surface area contributed by atoms with E-state index in [1.807, 2.05) is 6.08 Å². The van der Waals surface area contributed by atoms with Crippen molar-refractivity contribution in [1.29, 1.82) is 0 Å². The molecule has 0 spiro atoms. The van der Waals surface area contributed by atoms with Crippen molar-refractivity contribution in [2.75, 3.05) is 0 Å². The number of nitrogens with two attached hydrogens (primary N) is 1. The van der Waals surface area contributed by atoms with E-state index in [9.17, 15) is 5.21 Å². The van der Waals surface area contributed by atoms with Gasteiger partial charge in [-0.2, -0.15) is 4.74 Å². The Labute approximate surface area is 59.7 Å². The Morgan fingerprint density at radius 3 is 2.80 bits per heavy atom. The first kappa shape index (κ1) is 6.86. The number of hydroxylamine groups is 1. The van der Waals surface area contributed by atoms with Crippen LogP contribution < -0.4 is 5.73 Å². The van der Waals surface area contributed by atoms with Gasteiger partial charge in [0.25, 0.3) is 0 Å². The lowest BCUT2D eigenvalue weighted by molar-refractivity contribution is -0.385. The zero-order chi connectivity index (χ0) is 7.56. The Hall–Kier alpha value is -1.25. The van der Waals surface area contributed by atoms with Crippen LogP contribution in [0.4, 0.5) is 0 Å². The van der Waals surface area contributed by atoms with E-state index in [1.54, 1.807) is 6.08 Å². The molecule has 0 saturated carbocycles. The van der Waals surface area contributed by atoms with Gasteiger partial charge in [0, 0.05) is 11.8 Å². The van der Waals surface area contributed by atoms with E-state index < -0.39 is 0 Å². The van der Waals surface area contributed by atoms with Crippen LogP contribution in [0.2, 0.25) is 0 Å². The van der Waals surface area contributed by atoms with Gasteiger partial charge in [-0.1, -0.05) is 0 Å². The lowest BCUT2D eigenvalue weighted by Crippen LogP contribution is -2.06. The van der Waals surface area contributed by atoms with Crippen LogP contribution in [-0.4, -0.2) is 11.5 Å². The van der Waals surface area contributed by atoms with Crippen LogP contribution in [0.25, 0.3) is 0 Å². The minimum Gasteiger partial charge on any atom is -0.619 e. The minimum absolute atomic E-state index is 0.559. The summed E-state index contributed by atoms with van der Waals surface area (Å²) < 4.78 is 0.575. The molecule has 0 aromatic carbocycles. The number of nitrogens with zero attached hydrogens (tertiary/aromatic N) is 1. The number of rotatable bonds is 1. The molecule has 0 unspecified atom stereocenters. The van der Waals surface area contributed by atoms with Gasteiger partial charge in [-0.25, -0.2) is 0 Å². The van der Waals surface area contributed by atoms with E-state index in [0.717, 1.165) is 18.5 Å². The molecule has 0 radical (unpaired) electrons. The summed E-state index contributed by atoms with van der Waals surface area (Å²) in [6, 6.07) is 0. The van der Waals surface area contributed by atoms with Crippen LogP contribution in [0.15, 0.2) is 23.5 Å². The average Bonchev–Trinajstić information content (AvgIpc) is 1.88. The molecule has 0 heterocycles. The Morgan fingerprint density at radius 1 is 1.70 bits per heavy atom. The molecule has 0 amide bonds. The average molecular weight is 138 g/mol. The van der Waals surface area contributed by atoms with Gasteiger partial charge in [-0.15, -0.1) is 0 Å². The molecule has 0 saturated heterocycles. The van der Waals surface area contributed by atoms with Gasteiger partial charge in [0.15, 0.2) is 0 Å². The third-order valence-electron chi connectivity index (χ3n) is 1.41. The molecule has 3 heteroatoms. The molecule has 0 atom stereocenters. The molecule has 0 aromatic rings. The lowest BCUT2D eigenvalue weighted by atomic mass is 10.1. The summed E-state index contributed by atoms with van der Waals surface area (Å²) in [7, 11) is 0. The molecule has 10 heavy (non-hydrogen) atoms. The number of hydrogen-bond acceptors (Lipinski definition) is 2. The Kier molecular flexibility index (Phi) is 1.76. The molecule has 0 bridgehead atoms. The van der Waals surface area contributed by atoms with Gasteiger partial charge in [-0.05, 0) is 18.9 Å². The second kappa shape index (κ2) is 2.56. The fourth-order valence-corrected chi connectivity index (χ4v) is 0.882. The molecule has 2 N–H and O–H groups in total. The normalized spacial score (nSPS) is 17.6. The monoisotopic (exact) mass is 138 g/mol. The first-order valence-electron chi connectivity index (χ1n) is 3.14. The summed E-state index contributed by atoms with van der Waals surface area (Å²) in [6.07, 6.45) is 5.17. The molecular formula is C7H10N2O. The van der Waals surface area contributed by atoms with Gasteiger partial charge in [0.2, 0.25) is 5.70 Å². The van der Waals surface area contributed by atoms with Crippen molar-refractivity contribution in [2.45, 2.75) is 12.8 Å². The molecular weight excluding hydrogens is 128 g/mol. The van der Waals surface area contributed by atoms with Gasteiger partial charge in [0.05, 0.1) is 0 Å². The summed E-state index contributed by atoms with van der Waals surface area (Å²) in [5.74, 6) is 0. The highest BCUT2D eigenvalue weighted by atomic mass is 16.5. The predicted octanol–water partition coefficient (Wildman–Crippen LogP) is 0.718. The molecule has 0 aliphatic heterocycles. The van der Waals surface area contributed by atoms with Gasteiger partial charge < -0.3 is 10.9 Å². The first-order chi connectivity index (χ1) is 4.70. The molecule has 3 nitrogen and oxygen atoms in total. The van der Waals surface area contributed by atoms with Crippen LogP contribution >= 0.6 is 0 Å². The van der Waals surface area contributed by atoms with Crippen molar-refractivity contribution in [3.63, 3.8) is 0 Å². The Morgan fingerprint density at radius 2 is 2.40 bits per heavy atom. The summed E-state index contributed by atoms with van der Waals surface area (Å²) in [4.78, 5) is 0. The summed E-state index contributed by atoms with van der Waals surface area (Å²) in [5, 5.41) is 10.6. The Bertz CT molecular complexity index is 216. The van der Waals surface area contributed by atoms with Crippen LogP contribution in [0.1, 0.15) is 12.8 Å². The maximum Gasteiger partial charge on any atom is 0.213 e. The summed E-state index contributed by atoms with van der Waals surface area (Å²) in [6.45, 7) is 3.21. The zero-order valence-corrected chi connectivity index (χ0v) is 5.71. The molecule has 1 aliphatic rings. The minimum atomic E-state index is 0.559. The second-order valence-corrected chi connectivity index (χ2v) is 2.27. The summed E-state index contributed by atoms with van der Waals surface area (Å²) >= 11 is 0. The molecule has 0 aromatic heterocycles. The van der Waals surface area contributed by atoms with Crippen molar-refractivity contribution in [1.82, 2.24) is 0 Å². The topological polar surface area (TPSA) is 52.1 Å². The zero-order valence-electron chi connectivity index (χ0n) is 5.71. The van der Waals surface area contributed by atoms with Crippen LogP contribution in [0.5, 0.6) is 0 Å². The molecule has 1 rings (SSSR count). The highest BCUT2D eigenvalue weighted by Gasteiger charge is 2.06. The second-order valence-electron chi connectivity index (χ2n) is 2.27. The highest BCUT2D eigenvalue weighted by Crippen LogP contribution is 2.12. The third kappa shape index (κ3) is 1.37. The van der Waals surface area contributed by atoms with E-state index in [0.29, 0.717) is 10.4 Å². The SMILES string of the molecule is C=[N+]([O-])C1=CCCC(N)=C1. The van der Waals surface area contributed by atoms with E-state index in [2.05, 4.69) is 6.72 Å². The van der Waals surface area contributed by atoms with Gasteiger partial charge in [-0.3, -0.25) is 0 Å². The summed E-state index contributed by atoms with van der Waals surface area (Å²) in [5.41, 5.74) is 6.80. The fraction of sp³-hybridized carbons (Fsp3) is 0.286. The number of allylic oxidation sites excluding steroid dienone is 3. The van der Waals surface area contributed by atoms with Crippen LogP contribution in [-0.2, 0) is 0 Å². The molecule has 0 fully saturated rings.